The molecular formula is C12H11ClN2O. The average Bonchev–Trinajstić information content (AvgIpc) is 2.31. The Balaban J connectivity index is 2.43. The number of hydrogen-bond donors (Lipinski definition) is 2. The van der Waals surface area contributed by atoms with Crippen molar-refractivity contribution in [1.29, 1.82) is 0 Å². The predicted octanol–water partition coefficient (Wildman–Crippen LogP) is 1.89. The number of pyridine rings is 1. The van der Waals surface area contributed by atoms with E-state index in [0.29, 0.717) is 16.3 Å². The van der Waals surface area contributed by atoms with Gasteiger partial charge >= 0.3 is 0 Å². The lowest BCUT2D eigenvalue weighted by molar-refractivity contribution is 0.0837. The molecule has 3 nitrogen and oxygen atoms in total. The minimum absolute atomic E-state index is 0.400. The van der Waals surface area contributed by atoms with Crippen LogP contribution in [0.25, 0.3) is 0 Å². The first-order valence-corrected chi connectivity index (χ1v) is 5.17. The van der Waals surface area contributed by atoms with E-state index in [1.807, 2.05) is 0 Å². The normalized spacial score (nSPS) is 14.4. The smallest absolute Gasteiger partial charge is 0.183 e. The summed E-state index contributed by atoms with van der Waals surface area (Å²) >= 11 is 5.77. The highest BCUT2D eigenvalue weighted by Gasteiger charge is 2.27. The van der Waals surface area contributed by atoms with E-state index in [-0.39, 0.29) is 0 Å². The van der Waals surface area contributed by atoms with Gasteiger partial charge < -0.3 is 5.11 Å². The Bertz CT molecular complexity index is 468. The molecule has 0 saturated heterocycles. The van der Waals surface area contributed by atoms with Gasteiger partial charge in [-0.1, -0.05) is 29.8 Å². The van der Waals surface area contributed by atoms with Crippen LogP contribution >= 0.6 is 11.6 Å². The van der Waals surface area contributed by atoms with Crippen LogP contribution in [0.2, 0.25) is 5.02 Å². The maximum atomic E-state index is 10.2. The molecule has 2 rings (SSSR count). The Morgan fingerprint density at radius 3 is 2.38 bits per heavy atom. The third kappa shape index (κ3) is 2.07. The predicted molar refractivity (Wildman–Crippen MR) is 62.9 cm³/mol. The van der Waals surface area contributed by atoms with Crippen LogP contribution in [0.1, 0.15) is 11.3 Å². The van der Waals surface area contributed by atoms with Crippen LogP contribution in [0, 0.1) is 0 Å². The van der Waals surface area contributed by atoms with Crippen molar-refractivity contribution in [2.24, 2.45) is 5.73 Å². The zero-order valence-corrected chi connectivity index (χ0v) is 9.22. The summed E-state index contributed by atoms with van der Waals surface area (Å²) in [6, 6.07) is 11.9. The fourth-order valence-corrected chi connectivity index (χ4v) is 1.57. The second-order valence-electron chi connectivity index (χ2n) is 3.49. The molecule has 0 fully saturated rings. The molecule has 0 bridgehead atoms. The third-order valence-electron chi connectivity index (χ3n) is 2.34. The minimum Gasteiger partial charge on any atom is -0.366 e. The van der Waals surface area contributed by atoms with E-state index in [2.05, 4.69) is 4.98 Å². The molecule has 0 saturated carbocycles. The number of nitrogens with zero attached hydrogens (tertiary/aromatic N) is 1. The molecule has 0 aliphatic heterocycles. The molecule has 2 aromatic rings. The van der Waals surface area contributed by atoms with Crippen LogP contribution < -0.4 is 5.73 Å². The van der Waals surface area contributed by atoms with Crippen LogP contribution in [0.3, 0.4) is 0 Å². The fraction of sp³-hybridized carbons (Fsp3) is 0.0833. The highest BCUT2D eigenvalue weighted by Crippen LogP contribution is 2.23. The molecule has 3 N–H and O–H groups in total. The van der Waals surface area contributed by atoms with Gasteiger partial charge in [0.05, 0.1) is 5.69 Å². The quantitative estimate of drug-likeness (QED) is 0.781. The van der Waals surface area contributed by atoms with Gasteiger partial charge in [-0.3, -0.25) is 10.7 Å². The van der Waals surface area contributed by atoms with Gasteiger partial charge in [-0.2, -0.15) is 0 Å². The molecule has 1 aromatic carbocycles. The van der Waals surface area contributed by atoms with Crippen molar-refractivity contribution < 1.29 is 5.11 Å². The van der Waals surface area contributed by atoms with Gasteiger partial charge in [0.15, 0.2) is 5.72 Å². The summed E-state index contributed by atoms with van der Waals surface area (Å²) in [7, 11) is 0. The molecule has 1 unspecified atom stereocenters. The molecule has 1 atom stereocenters. The van der Waals surface area contributed by atoms with Crippen molar-refractivity contribution in [2.75, 3.05) is 0 Å². The van der Waals surface area contributed by atoms with Crippen LogP contribution in [0.5, 0.6) is 0 Å². The number of halogens is 1. The standard InChI is InChI=1S/C12H11ClN2O/c13-10-6-4-9(5-7-10)12(14,16)11-3-1-2-8-15-11/h1-8,16H,14H2. The largest absolute Gasteiger partial charge is 0.366 e. The number of hydrogen-bond acceptors (Lipinski definition) is 3. The summed E-state index contributed by atoms with van der Waals surface area (Å²) in [6.45, 7) is 0. The molecule has 0 radical (unpaired) electrons. The summed E-state index contributed by atoms with van der Waals surface area (Å²) in [5.41, 5.74) is 5.22. The molecule has 0 aliphatic carbocycles. The monoisotopic (exact) mass is 234 g/mol. The summed E-state index contributed by atoms with van der Waals surface area (Å²) in [4.78, 5) is 4.04. The van der Waals surface area contributed by atoms with Crippen molar-refractivity contribution in [3.63, 3.8) is 0 Å². The zero-order valence-electron chi connectivity index (χ0n) is 8.47. The number of aliphatic hydroxyl groups is 1. The van der Waals surface area contributed by atoms with Crippen molar-refractivity contribution in [3.8, 4) is 0 Å². The van der Waals surface area contributed by atoms with E-state index >= 15 is 0 Å². The molecule has 4 heteroatoms. The summed E-state index contributed by atoms with van der Waals surface area (Å²) < 4.78 is 0. The summed E-state index contributed by atoms with van der Waals surface area (Å²) in [5.74, 6) is 0. The second kappa shape index (κ2) is 4.22. The Labute approximate surface area is 98.5 Å². The van der Waals surface area contributed by atoms with E-state index in [9.17, 15) is 5.11 Å². The fourth-order valence-electron chi connectivity index (χ4n) is 1.44. The number of rotatable bonds is 2. The molecule has 82 valence electrons. The van der Waals surface area contributed by atoms with Gasteiger partial charge in [0.2, 0.25) is 0 Å². The number of aromatic nitrogens is 1. The van der Waals surface area contributed by atoms with E-state index in [4.69, 9.17) is 17.3 Å². The first-order valence-electron chi connectivity index (χ1n) is 4.79. The van der Waals surface area contributed by atoms with E-state index in [1.165, 1.54) is 0 Å². The van der Waals surface area contributed by atoms with Gasteiger partial charge in [0, 0.05) is 16.8 Å². The van der Waals surface area contributed by atoms with Gasteiger partial charge in [-0.05, 0) is 24.3 Å². The van der Waals surface area contributed by atoms with Gasteiger partial charge in [-0.25, -0.2) is 0 Å². The van der Waals surface area contributed by atoms with Crippen LogP contribution in [-0.4, -0.2) is 10.1 Å². The van der Waals surface area contributed by atoms with Crippen LogP contribution in [0.4, 0.5) is 0 Å². The lowest BCUT2D eigenvalue weighted by atomic mass is 10.00. The molecule has 1 aromatic heterocycles. The van der Waals surface area contributed by atoms with Crippen molar-refractivity contribution >= 4 is 11.6 Å². The lowest BCUT2D eigenvalue weighted by Gasteiger charge is -2.22. The molecule has 0 spiro atoms. The lowest BCUT2D eigenvalue weighted by Crippen LogP contribution is -2.38. The third-order valence-corrected chi connectivity index (χ3v) is 2.59. The molecule has 0 aliphatic rings. The Kier molecular flexibility index (Phi) is 2.92. The maximum Gasteiger partial charge on any atom is 0.183 e. The van der Waals surface area contributed by atoms with Gasteiger partial charge in [0.1, 0.15) is 0 Å². The van der Waals surface area contributed by atoms with Crippen molar-refractivity contribution in [1.82, 2.24) is 4.98 Å². The van der Waals surface area contributed by atoms with E-state index < -0.39 is 5.72 Å². The van der Waals surface area contributed by atoms with Gasteiger partial charge in [-0.15, -0.1) is 0 Å². The molecular weight excluding hydrogens is 224 g/mol. The molecule has 0 amide bonds. The Morgan fingerprint density at radius 1 is 1.12 bits per heavy atom. The topological polar surface area (TPSA) is 59.1 Å². The average molecular weight is 235 g/mol. The second-order valence-corrected chi connectivity index (χ2v) is 3.92. The molecule has 1 heterocycles. The van der Waals surface area contributed by atoms with Crippen molar-refractivity contribution in [2.45, 2.75) is 5.72 Å². The van der Waals surface area contributed by atoms with Gasteiger partial charge in [0.25, 0.3) is 0 Å². The minimum atomic E-state index is -1.59. The number of benzene rings is 1. The van der Waals surface area contributed by atoms with E-state index in [1.54, 1.807) is 48.7 Å². The number of nitrogens with two attached hydrogens (primary N) is 1. The van der Waals surface area contributed by atoms with Crippen LogP contribution in [0.15, 0.2) is 48.7 Å². The SMILES string of the molecule is NC(O)(c1ccc(Cl)cc1)c1ccccn1. The summed E-state index contributed by atoms with van der Waals surface area (Å²) in [5, 5.41) is 10.8. The highest BCUT2D eigenvalue weighted by molar-refractivity contribution is 6.30. The zero-order chi connectivity index (χ0) is 11.6. The maximum absolute atomic E-state index is 10.2. The first-order chi connectivity index (χ1) is 7.60. The first kappa shape index (κ1) is 11.1. The Hall–Kier alpha value is -1.42. The van der Waals surface area contributed by atoms with E-state index in [0.717, 1.165) is 0 Å². The van der Waals surface area contributed by atoms with Crippen molar-refractivity contribution in [3.05, 3.63) is 64.9 Å². The van der Waals surface area contributed by atoms with Crippen LogP contribution in [-0.2, 0) is 5.72 Å². The highest BCUT2D eigenvalue weighted by atomic mass is 35.5. The summed E-state index contributed by atoms with van der Waals surface area (Å²) in [6.07, 6.45) is 1.59. The Morgan fingerprint density at radius 2 is 1.81 bits per heavy atom. The molecule has 16 heavy (non-hydrogen) atoms.